The summed E-state index contributed by atoms with van der Waals surface area (Å²) in [5.74, 6) is -1.68. The van der Waals surface area contributed by atoms with E-state index in [-0.39, 0.29) is 4.90 Å². The number of hydrogen-bond donors (Lipinski definition) is 3. The topological polar surface area (TPSA) is 135 Å². The molecule has 0 aliphatic rings. The number of aliphatic carboxylic acids is 1. The lowest BCUT2D eigenvalue weighted by atomic mass is 10.1. The molecule has 0 bridgehead atoms. The Morgan fingerprint density at radius 2 is 1.79 bits per heavy atom. The van der Waals surface area contributed by atoms with Gasteiger partial charge in [0.1, 0.15) is 17.2 Å². The highest BCUT2D eigenvalue weighted by Gasteiger charge is 2.28. The van der Waals surface area contributed by atoms with Gasteiger partial charge in [-0.2, -0.15) is 4.72 Å². The van der Waals surface area contributed by atoms with Crippen molar-refractivity contribution in [1.82, 2.24) is 4.72 Å². The third-order valence-corrected chi connectivity index (χ3v) is 5.84. The summed E-state index contributed by atoms with van der Waals surface area (Å²) >= 11 is 0. The van der Waals surface area contributed by atoms with Crippen molar-refractivity contribution >= 4 is 49.7 Å². The van der Waals surface area contributed by atoms with Crippen LogP contribution in [-0.4, -0.2) is 38.7 Å². The first-order valence-electron chi connectivity index (χ1n) is 8.69. The fraction of sp³-hybridized carbons (Fsp3) is 0.263. The van der Waals surface area contributed by atoms with Crippen molar-refractivity contribution in [2.75, 3.05) is 12.4 Å². The molecule has 1 aromatic heterocycles. The molecule has 0 radical (unpaired) electrons. The van der Waals surface area contributed by atoms with Gasteiger partial charge in [0, 0.05) is 22.5 Å². The molecule has 0 aliphatic heterocycles. The minimum absolute atomic E-state index is 0.108. The Kier molecular flexibility index (Phi) is 5.49. The highest BCUT2D eigenvalue weighted by Crippen LogP contribution is 2.32. The van der Waals surface area contributed by atoms with E-state index in [0.717, 1.165) is 0 Å². The Morgan fingerprint density at radius 3 is 2.41 bits per heavy atom. The first-order valence-corrected chi connectivity index (χ1v) is 10.2. The van der Waals surface area contributed by atoms with Crippen molar-refractivity contribution < 1.29 is 32.3 Å². The number of hydrogen-bond acceptors (Lipinski definition) is 6. The van der Waals surface area contributed by atoms with Crippen LogP contribution >= 0.6 is 0 Å². The van der Waals surface area contributed by atoms with Crippen LogP contribution in [0.3, 0.4) is 0 Å². The van der Waals surface area contributed by atoms with Crippen molar-refractivity contribution in [2.24, 2.45) is 5.92 Å². The molecule has 3 N–H and O–H groups in total. The zero-order chi connectivity index (χ0) is 21.3. The van der Waals surface area contributed by atoms with Crippen molar-refractivity contribution in [3.8, 4) is 0 Å². The van der Waals surface area contributed by atoms with E-state index >= 15 is 0 Å². The van der Waals surface area contributed by atoms with Gasteiger partial charge in [0.25, 0.3) is 0 Å². The normalized spacial score (nSPS) is 13.0. The summed E-state index contributed by atoms with van der Waals surface area (Å²) in [6.07, 6.45) is -0.616. The van der Waals surface area contributed by atoms with Gasteiger partial charge in [0.05, 0.1) is 12.0 Å². The predicted octanol–water partition coefficient (Wildman–Crippen LogP) is 3.15. The third-order valence-electron chi connectivity index (χ3n) is 4.40. The van der Waals surface area contributed by atoms with Gasteiger partial charge in [0.15, 0.2) is 0 Å². The van der Waals surface area contributed by atoms with Crippen LogP contribution in [0.5, 0.6) is 0 Å². The highest BCUT2D eigenvalue weighted by molar-refractivity contribution is 7.89. The van der Waals surface area contributed by atoms with Crippen LogP contribution in [0.15, 0.2) is 45.7 Å². The van der Waals surface area contributed by atoms with Gasteiger partial charge in [-0.05, 0) is 36.2 Å². The van der Waals surface area contributed by atoms with Crippen molar-refractivity contribution in [1.29, 1.82) is 0 Å². The maximum Gasteiger partial charge on any atom is 0.411 e. The minimum atomic E-state index is -4.07. The van der Waals surface area contributed by atoms with E-state index in [0.29, 0.717) is 27.6 Å². The smallest absolute Gasteiger partial charge is 0.411 e. The van der Waals surface area contributed by atoms with Gasteiger partial charge in [-0.3, -0.25) is 10.1 Å². The first-order chi connectivity index (χ1) is 13.6. The molecule has 1 atom stereocenters. The van der Waals surface area contributed by atoms with Gasteiger partial charge in [-0.25, -0.2) is 13.2 Å². The summed E-state index contributed by atoms with van der Waals surface area (Å²) in [7, 11) is -2.81. The number of fused-ring (bicyclic) bond motifs is 3. The first kappa shape index (κ1) is 20.6. The fourth-order valence-corrected chi connectivity index (χ4v) is 4.23. The Bertz CT molecular complexity index is 1200. The molecule has 0 fully saturated rings. The molecule has 1 heterocycles. The summed E-state index contributed by atoms with van der Waals surface area (Å²) in [4.78, 5) is 22.6. The van der Waals surface area contributed by atoms with Crippen LogP contribution in [0.2, 0.25) is 0 Å². The van der Waals surface area contributed by atoms with Crippen molar-refractivity contribution in [3.63, 3.8) is 0 Å². The van der Waals surface area contributed by atoms with E-state index in [4.69, 9.17) is 4.42 Å². The second kappa shape index (κ2) is 7.72. The summed E-state index contributed by atoms with van der Waals surface area (Å²) in [5.41, 5.74) is 1.31. The number of benzene rings is 2. The molecule has 154 valence electrons. The SMILES string of the molecule is COC(=O)Nc1ccc2oc3cc(S(=O)(=O)NC(C(=O)O)C(C)C)ccc3c2c1. The Hall–Kier alpha value is -3.11. The van der Waals surface area contributed by atoms with E-state index in [2.05, 4.69) is 14.8 Å². The van der Waals surface area contributed by atoms with Crippen LogP contribution in [0.25, 0.3) is 21.9 Å². The zero-order valence-corrected chi connectivity index (χ0v) is 16.7. The third kappa shape index (κ3) is 4.17. The van der Waals surface area contributed by atoms with Crippen LogP contribution < -0.4 is 10.0 Å². The Balaban J connectivity index is 2.00. The van der Waals surface area contributed by atoms with Crippen molar-refractivity contribution in [2.45, 2.75) is 24.8 Å². The van der Waals surface area contributed by atoms with E-state index < -0.39 is 34.0 Å². The summed E-state index contributed by atoms with van der Waals surface area (Å²) < 4.78 is 37.8. The standard InChI is InChI=1S/C19H20N2O7S/c1-10(2)17(18(22)23)21-29(25,26)12-5-6-13-14-8-11(20-19(24)27-3)4-7-15(14)28-16(13)9-12/h4-10,17,21H,1-3H3,(H,20,24)(H,22,23). The predicted molar refractivity (Wildman–Crippen MR) is 106 cm³/mol. The maximum atomic E-state index is 12.6. The molecule has 0 aliphatic carbocycles. The van der Waals surface area contributed by atoms with Gasteiger partial charge in [-0.1, -0.05) is 13.8 Å². The molecule has 9 nitrogen and oxygen atoms in total. The molecule has 29 heavy (non-hydrogen) atoms. The molecule has 0 saturated carbocycles. The second-order valence-electron chi connectivity index (χ2n) is 6.77. The number of carboxylic acids is 1. The maximum absolute atomic E-state index is 12.6. The number of anilines is 1. The van der Waals surface area contributed by atoms with Crippen LogP contribution in [0.4, 0.5) is 10.5 Å². The minimum Gasteiger partial charge on any atom is -0.480 e. The monoisotopic (exact) mass is 420 g/mol. The average molecular weight is 420 g/mol. The van der Waals surface area contributed by atoms with E-state index in [1.165, 1.54) is 19.2 Å². The Morgan fingerprint density at radius 1 is 1.07 bits per heavy atom. The van der Waals surface area contributed by atoms with Gasteiger partial charge < -0.3 is 14.3 Å². The molecular weight excluding hydrogens is 400 g/mol. The molecule has 0 saturated heterocycles. The molecule has 3 aromatic rings. The van der Waals surface area contributed by atoms with Gasteiger partial charge >= 0.3 is 12.1 Å². The number of rotatable bonds is 6. The lowest BCUT2D eigenvalue weighted by Crippen LogP contribution is -2.44. The Labute approximate surface area is 166 Å². The molecule has 3 rings (SSSR count). The lowest BCUT2D eigenvalue weighted by molar-refractivity contribution is -0.140. The lowest BCUT2D eigenvalue weighted by Gasteiger charge is -2.17. The fourth-order valence-electron chi connectivity index (χ4n) is 2.88. The second-order valence-corrected chi connectivity index (χ2v) is 8.48. The van der Waals surface area contributed by atoms with Crippen LogP contribution in [0, 0.1) is 5.92 Å². The molecular formula is C19H20N2O7S. The van der Waals surface area contributed by atoms with Crippen LogP contribution in [0.1, 0.15) is 13.8 Å². The van der Waals surface area contributed by atoms with Gasteiger partial charge in [0.2, 0.25) is 10.0 Å². The number of carbonyl (C=O) groups excluding carboxylic acids is 1. The number of carbonyl (C=O) groups is 2. The molecule has 1 amide bonds. The number of methoxy groups -OCH3 is 1. The largest absolute Gasteiger partial charge is 0.480 e. The number of nitrogens with one attached hydrogen (secondary N) is 2. The van der Waals surface area contributed by atoms with E-state index in [1.807, 2.05) is 0 Å². The molecule has 0 spiro atoms. The quantitative estimate of drug-likeness (QED) is 0.557. The number of carboxylic acid groups (broad SMARTS) is 1. The highest BCUT2D eigenvalue weighted by atomic mass is 32.2. The van der Waals surface area contributed by atoms with Gasteiger partial charge in [-0.15, -0.1) is 0 Å². The average Bonchev–Trinajstić information content (AvgIpc) is 3.02. The molecule has 10 heteroatoms. The molecule has 2 aromatic carbocycles. The number of ether oxygens (including phenoxy) is 1. The van der Waals surface area contributed by atoms with Crippen LogP contribution in [-0.2, 0) is 19.6 Å². The van der Waals surface area contributed by atoms with E-state index in [1.54, 1.807) is 38.1 Å². The van der Waals surface area contributed by atoms with Crippen molar-refractivity contribution in [3.05, 3.63) is 36.4 Å². The number of furan rings is 1. The summed E-state index contributed by atoms with van der Waals surface area (Å²) in [6.45, 7) is 3.23. The summed E-state index contributed by atoms with van der Waals surface area (Å²) in [5, 5.41) is 13.1. The van der Waals surface area contributed by atoms with E-state index in [9.17, 15) is 23.1 Å². The summed E-state index contributed by atoms with van der Waals surface area (Å²) in [6, 6.07) is 7.99. The number of sulfonamides is 1. The number of amides is 1. The molecule has 1 unspecified atom stereocenters. The zero-order valence-electron chi connectivity index (χ0n) is 15.9.